The number of benzene rings is 3. The van der Waals surface area contributed by atoms with Crippen LogP contribution in [-0.4, -0.2) is 21.6 Å². The summed E-state index contributed by atoms with van der Waals surface area (Å²) in [6.45, 7) is 2.57. The predicted molar refractivity (Wildman–Crippen MR) is 125 cm³/mol. The smallest absolute Gasteiger partial charge is 0.206 e. The van der Waals surface area contributed by atoms with Crippen molar-refractivity contribution in [3.63, 3.8) is 0 Å². The lowest BCUT2D eigenvalue weighted by Gasteiger charge is -2.34. The van der Waals surface area contributed by atoms with Crippen molar-refractivity contribution in [1.29, 1.82) is 0 Å². The van der Waals surface area contributed by atoms with Gasteiger partial charge in [-0.05, 0) is 43.7 Å². The number of hydrogen-bond acceptors (Lipinski definition) is 3. The topological polar surface area (TPSA) is 62.9 Å². The van der Waals surface area contributed by atoms with Crippen LogP contribution in [0.4, 0.5) is 17.6 Å². The second-order valence-corrected chi connectivity index (χ2v) is 8.85. The zero-order valence-corrected chi connectivity index (χ0v) is 19.0. The quantitative estimate of drug-likeness (QED) is 0.209. The summed E-state index contributed by atoms with van der Waals surface area (Å²) in [5.41, 5.74) is 1.03. The third-order valence-electron chi connectivity index (χ3n) is 6.72. The van der Waals surface area contributed by atoms with E-state index in [-0.39, 0.29) is 28.0 Å². The van der Waals surface area contributed by atoms with Crippen molar-refractivity contribution in [2.45, 2.75) is 18.8 Å². The number of aromatic amines is 2. The molecule has 36 heavy (non-hydrogen) atoms. The van der Waals surface area contributed by atoms with Crippen LogP contribution in [0.25, 0.3) is 22.3 Å². The number of fused-ring (bicyclic) bond motifs is 2. The van der Waals surface area contributed by atoms with Crippen LogP contribution in [0.1, 0.15) is 24.6 Å². The highest BCUT2D eigenvalue weighted by Gasteiger charge is 2.36. The minimum atomic E-state index is -1.49. The Hall–Kier alpha value is -4.27. The molecule has 3 heterocycles. The van der Waals surface area contributed by atoms with E-state index in [1.807, 2.05) is 24.3 Å². The highest BCUT2D eigenvalue weighted by Crippen LogP contribution is 2.43. The van der Waals surface area contributed by atoms with Gasteiger partial charge in [0, 0.05) is 34.5 Å². The van der Waals surface area contributed by atoms with Crippen LogP contribution in [0.3, 0.4) is 0 Å². The Bertz CT molecular complexity index is 1630. The van der Waals surface area contributed by atoms with Crippen molar-refractivity contribution < 1.29 is 27.0 Å². The molecule has 182 valence electrons. The zero-order chi connectivity index (χ0) is 25.0. The molecular weight excluding hydrogens is 474 g/mol. The van der Waals surface area contributed by atoms with Crippen molar-refractivity contribution in [2.75, 3.05) is 6.61 Å². The van der Waals surface area contributed by atoms with Crippen molar-refractivity contribution in [1.82, 2.24) is 15.0 Å². The largest absolute Gasteiger partial charge is 0.493 e. The van der Waals surface area contributed by atoms with E-state index < -0.39 is 34.4 Å². The lowest BCUT2D eigenvalue weighted by molar-refractivity contribution is 0.241. The van der Waals surface area contributed by atoms with Gasteiger partial charge in [-0.1, -0.05) is 18.2 Å². The molecule has 0 radical (unpaired) electrons. The summed E-state index contributed by atoms with van der Waals surface area (Å²) in [5, 5.41) is -0.160. The normalized spacial score (nSPS) is 17.1. The van der Waals surface area contributed by atoms with Crippen LogP contribution in [0.15, 0.2) is 60.9 Å². The number of aromatic nitrogens is 3. The number of hydrogen-bond donors (Lipinski definition) is 2. The van der Waals surface area contributed by atoms with E-state index in [0.717, 1.165) is 23.1 Å². The first-order chi connectivity index (χ1) is 17.4. The van der Waals surface area contributed by atoms with Gasteiger partial charge in [0.2, 0.25) is 11.6 Å². The molecular formula is C27H19F4N3O2. The van der Waals surface area contributed by atoms with Crippen LogP contribution >= 0.6 is 0 Å². The molecule has 0 saturated heterocycles. The molecule has 5 aromatic rings. The monoisotopic (exact) mass is 493 g/mol. The highest BCUT2D eigenvalue weighted by molar-refractivity contribution is 5.82. The number of halogens is 4. The minimum absolute atomic E-state index is 0.0340. The maximum atomic E-state index is 14.9. The first-order valence-electron chi connectivity index (χ1n) is 11.3. The molecule has 0 aliphatic carbocycles. The number of para-hydroxylation sites is 1. The summed E-state index contributed by atoms with van der Waals surface area (Å²) in [6.07, 6.45) is 3.61. The van der Waals surface area contributed by atoms with Crippen molar-refractivity contribution in [3.05, 3.63) is 95.5 Å². The standard InChI is InChI=1S/C27H19F4N3O2/c1-27(9-11-35-19-5-3-2-4-17(19)27)20-13-33-26(34-20)16-12-14(6-7-18(16)28)36-25-21(29)15-8-10-32-24(15)22(30)23(25)31/h2-8,10,12-13,32H,9,11H2,1H3,(H,33,34). The van der Waals surface area contributed by atoms with Gasteiger partial charge in [0.25, 0.3) is 0 Å². The molecule has 0 fully saturated rings. The van der Waals surface area contributed by atoms with Crippen LogP contribution in [0.5, 0.6) is 17.2 Å². The predicted octanol–water partition coefficient (Wildman–Crippen LogP) is 7.00. The number of nitrogens with one attached hydrogen (secondary N) is 2. The van der Waals surface area contributed by atoms with Crippen LogP contribution < -0.4 is 9.47 Å². The first-order valence-corrected chi connectivity index (χ1v) is 11.3. The Morgan fingerprint density at radius 2 is 1.83 bits per heavy atom. The summed E-state index contributed by atoms with van der Waals surface area (Å²) in [7, 11) is 0. The molecule has 0 bridgehead atoms. The first kappa shape index (κ1) is 22.2. The van der Waals surface area contributed by atoms with E-state index in [1.165, 1.54) is 24.4 Å². The molecule has 1 aliphatic heterocycles. The SMILES string of the molecule is CC1(c2cnc(-c3cc(Oc4c(F)c(F)c5[nH]ccc5c4F)ccc3F)[nH]2)CCOc2ccccc21. The van der Waals surface area contributed by atoms with E-state index in [0.29, 0.717) is 13.0 Å². The molecule has 1 unspecified atom stereocenters. The number of rotatable bonds is 4. The van der Waals surface area contributed by atoms with Crippen molar-refractivity contribution in [2.24, 2.45) is 0 Å². The van der Waals surface area contributed by atoms with Crippen LogP contribution in [0.2, 0.25) is 0 Å². The summed E-state index contributed by atoms with van der Waals surface area (Å²) in [4.78, 5) is 10.0. The van der Waals surface area contributed by atoms with E-state index in [9.17, 15) is 17.6 Å². The fourth-order valence-electron chi connectivity index (χ4n) is 4.69. The summed E-state index contributed by atoms with van der Waals surface area (Å²) in [6, 6.07) is 12.5. The van der Waals surface area contributed by atoms with Crippen LogP contribution in [-0.2, 0) is 5.41 Å². The Labute approximate surface area is 202 Å². The second-order valence-electron chi connectivity index (χ2n) is 8.85. The van der Waals surface area contributed by atoms with E-state index in [4.69, 9.17) is 9.47 Å². The highest BCUT2D eigenvalue weighted by atomic mass is 19.2. The third-order valence-corrected chi connectivity index (χ3v) is 6.72. The van der Waals surface area contributed by atoms with E-state index in [2.05, 4.69) is 21.9 Å². The second kappa shape index (κ2) is 8.15. The lowest BCUT2D eigenvalue weighted by atomic mass is 9.75. The molecule has 0 saturated carbocycles. The average molecular weight is 493 g/mol. The Balaban J connectivity index is 1.37. The van der Waals surface area contributed by atoms with Crippen molar-refractivity contribution in [3.8, 4) is 28.6 Å². The van der Waals surface area contributed by atoms with E-state index in [1.54, 1.807) is 6.20 Å². The maximum Gasteiger partial charge on any atom is 0.206 e. The van der Waals surface area contributed by atoms with Gasteiger partial charge in [0.15, 0.2) is 11.6 Å². The fraction of sp³-hybridized carbons (Fsp3) is 0.148. The molecule has 0 amide bonds. The molecule has 1 aliphatic rings. The Kier molecular flexibility index (Phi) is 5.03. The van der Waals surface area contributed by atoms with Gasteiger partial charge in [-0.3, -0.25) is 0 Å². The van der Waals surface area contributed by atoms with Gasteiger partial charge in [0.1, 0.15) is 23.1 Å². The average Bonchev–Trinajstić information content (AvgIpc) is 3.58. The van der Waals surface area contributed by atoms with Crippen molar-refractivity contribution >= 4 is 10.9 Å². The number of nitrogens with zero attached hydrogens (tertiary/aromatic N) is 1. The van der Waals surface area contributed by atoms with E-state index >= 15 is 0 Å². The van der Waals surface area contributed by atoms with Gasteiger partial charge in [-0.15, -0.1) is 0 Å². The number of ether oxygens (including phenoxy) is 2. The summed E-state index contributed by atoms with van der Waals surface area (Å²) >= 11 is 0. The van der Waals surface area contributed by atoms with Gasteiger partial charge in [0.05, 0.1) is 17.7 Å². The Morgan fingerprint density at radius 1 is 1.00 bits per heavy atom. The molecule has 5 nitrogen and oxygen atoms in total. The molecule has 9 heteroatoms. The summed E-state index contributed by atoms with van der Waals surface area (Å²) in [5.74, 6) is -4.45. The zero-order valence-electron chi connectivity index (χ0n) is 19.0. The molecule has 6 rings (SSSR count). The Morgan fingerprint density at radius 3 is 2.69 bits per heavy atom. The van der Waals surface area contributed by atoms with Crippen LogP contribution in [0, 0.1) is 23.3 Å². The lowest BCUT2D eigenvalue weighted by Crippen LogP contribution is -2.31. The number of H-pyrrole nitrogens is 2. The third kappa shape index (κ3) is 3.34. The fourth-order valence-corrected chi connectivity index (χ4v) is 4.69. The van der Waals surface area contributed by atoms with Gasteiger partial charge in [-0.25, -0.2) is 18.2 Å². The minimum Gasteiger partial charge on any atom is -0.493 e. The molecule has 1 atom stereocenters. The molecule has 2 aromatic heterocycles. The maximum absolute atomic E-state index is 14.9. The van der Waals surface area contributed by atoms with Gasteiger partial charge < -0.3 is 19.4 Å². The number of imidazole rings is 1. The molecule has 3 aromatic carbocycles. The van der Waals surface area contributed by atoms with Gasteiger partial charge in [-0.2, -0.15) is 4.39 Å². The molecule has 0 spiro atoms. The molecule has 2 N–H and O–H groups in total. The summed E-state index contributed by atoms with van der Waals surface area (Å²) < 4.78 is 69.8. The van der Waals surface area contributed by atoms with Gasteiger partial charge >= 0.3 is 0 Å².